The summed E-state index contributed by atoms with van der Waals surface area (Å²) in [6, 6.07) is 19.3. The van der Waals surface area contributed by atoms with Crippen LogP contribution in [0.25, 0.3) is 0 Å². The maximum absolute atomic E-state index is 14.4. The number of carbonyl (C=O) groups is 2. The van der Waals surface area contributed by atoms with Crippen LogP contribution >= 0.6 is 0 Å². The Bertz CT molecular complexity index is 1770. The minimum Gasteiger partial charge on any atom is -0.411 e. The van der Waals surface area contributed by atoms with Gasteiger partial charge in [-0.1, -0.05) is 86.8 Å². The fourth-order valence-electron chi connectivity index (χ4n) is 7.27. The molecule has 0 radical (unpaired) electrons. The highest BCUT2D eigenvalue weighted by molar-refractivity contribution is 7.89. The summed E-state index contributed by atoms with van der Waals surface area (Å²) in [5.74, 6) is -0.419. The number of nitrogens with one attached hydrogen (secondary N) is 1. The highest BCUT2D eigenvalue weighted by atomic mass is 32.2. The lowest BCUT2D eigenvalue weighted by Crippen LogP contribution is -2.57. The number of aliphatic hydroxyl groups is 1. The van der Waals surface area contributed by atoms with Crippen LogP contribution in [0.1, 0.15) is 68.5 Å². The van der Waals surface area contributed by atoms with Gasteiger partial charge in [-0.25, -0.2) is 13.2 Å². The lowest BCUT2D eigenvalue weighted by molar-refractivity contribution is -0.128. The normalized spacial score (nSPS) is 17.9. The monoisotopic (exact) mass is 732 g/mol. The van der Waals surface area contributed by atoms with Crippen LogP contribution in [-0.4, -0.2) is 100 Å². The standard InChI is InChI=1S/C39H52N6O6S/c1-4-28(2)37(45-22-21-43(39(45)48)26-33-16-10-11-29(3)41-33)38(47)42-35(23-30-12-6-5-7-13-30)36(46)27-44(25-32-14-8-9-15-32)52(50,51)34-19-17-31(18-20-34)24-40-49/h5-7,10-13,16-20,24,28,32,35-37,46,49H,4,8-9,14-15,21-23,25-27H2,1-3H3,(H,42,47)/t28-,35-,36-,37-/m0/s1. The van der Waals surface area contributed by atoms with Crippen LogP contribution in [0.4, 0.5) is 4.79 Å². The molecule has 5 rings (SSSR count). The summed E-state index contributed by atoms with van der Waals surface area (Å²) in [5.41, 5.74) is 3.04. The van der Waals surface area contributed by atoms with Gasteiger partial charge in [0.2, 0.25) is 15.9 Å². The molecule has 3 N–H and O–H groups in total. The first-order valence-corrected chi connectivity index (χ1v) is 19.7. The van der Waals surface area contributed by atoms with E-state index in [2.05, 4.69) is 15.5 Å². The van der Waals surface area contributed by atoms with Gasteiger partial charge in [-0.15, -0.1) is 0 Å². The molecule has 12 nitrogen and oxygen atoms in total. The number of carbonyl (C=O) groups excluding carboxylic acids is 2. The van der Waals surface area contributed by atoms with Crippen LogP contribution in [0.3, 0.4) is 0 Å². The largest absolute Gasteiger partial charge is 0.411 e. The van der Waals surface area contributed by atoms with Crippen molar-refractivity contribution in [2.75, 3.05) is 26.2 Å². The molecule has 1 aliphatic heterocycles. The zero-order chi connectivity index (χ0) is 37.3. The smallest absolute Gasteiger partial charge is 0.321 e. The molecule has 13 heteroatoms. The maximum Gasteiger partial charge on any atom is 0.321 e. The topological polar surface area (TPSA) is 156 Å². The first-order valence-electron chi connectivity index (χ1n) is 18.3. The summed E-state index contributed by atoms with van der Waals surface area (Å²) < 4.78 is 29.6. The van der Waals surface area contributed by atoms with Gasteiger partial charge in [0.05, 0.1) is 35.5 Å². The van der Waals surface area contributed by atoms with Gasteiger partial charge < -0.3 is 25.4 Å². The van der Waals surface area contributed by atoms with Gasteiger partial charge in [-0.3, -0.25) is 9.78 Å². The van der Waals surface area contributed by atoms with Crippen molar-refractivity contribution in [1.82, 2.24) is 24.4 Å². The summed E-state index contributed by atoms with van der Waals surface area (Å²) in [6.07, 6.45) is 4.69. The first-order chi connectivity index (χ1) is 25.0. The summed E-state index contributed by atoms with van der Waals surface area (Å²) in [5, 5.41) is 27.0. The van der Waals surface area contributed by atoms with E-state index in [0.717, 1.165) is 42.6 Å². The molecule has 2 aromatic carbocycles. The molecule has 52 heavy (non-hydrogen) atoms. The van der Waals surface area contributed by atoms with E-state index in [-0.39, 0.29) is 48.2 Å². The number of sulfonamides is 1. The van der Waals surface area contributed by atoms with Crippen LogP contribution in [0.5, 0.6) is 0 Å². The van der Waals surface area contributed by atoms with E-state index < -0.39 is 28.2 Å². The van der Waals surface area contributed by atoms with Crippen molar-refractivity contribution in [3.63, 3.8) is 0 Å². The fraction of sp³-hybridized carbons (Fsp3) is 0.487. The number of urea groups is 1. The first kappa shape index (κ1) is 38.9. The molecule has 3 aromatic rings. The fourth-order valence-corrected chi connectivity index (χ4v) is 8.80. The Hall–Kier alpha value is -4.33. The number of aromatic nitrogens is 1. The van der Waals surface area contributed by atoms with Crippen molar-refractivity contribution in [3.05, 3.63) is 95.3 Å². The van der Waals surface area contributed by atoms with Crippen LogP contribution < -0.4 is 5.32 Å². The van der Waals surface area contributed by atoms with Gasteiger partial charge >= 0.3 is 6.03 Å². The number of pyridine rings is 1. The molecule has 0 spiro atoms. The zero-order valence-corrected chi connectivity index (χ0v) is 31.2. The predicted octanol–water partition coefficient (Wildman–Crippen LogP) is 4.82. The van der Waals surface area contributed by atoms with Gasteiger partial charge in [-0.2, -0.15) is 4.31 Å². The van der Waals surface area contributed by atoms with Crippen molar-refractivity contribution < 1.29 is 28.3 Å². The van der Waals surface area contributed by atoms with Crippen molar-refractivity contribution in [2.24, 2.45) is 17.0 Å². The predicted molar refractivity (Wildman–Crippen MR) is 199 cm³/mol. The minimum absolute atomic E-state index is 0.0613. The van der Waals surface area contributed by atoms with E-state index >= 15 is 0 Å². The molecule has 1 aliphatic carbocycles. The van der Waals surface area contributed by atoms with Gasteiger partial charge in [0, 0.05) is 31.9 Å². The van der Waals surface area contributed by atoms with Crippen LogP contribution in [0.15, 0.2) is 82.8 Å². The lowest BCUT2D eigenvalue weighted by atomic mass is 9.95. The second kappa shape index (κ2) is 17.9. The van der Waals surface area contributed by atoms with Crippen molar-refractivity contribution in [3.8, 4) is 0 Å². The Kier molecular flexibility index (Phi) is 13.4. The third kappa shape index (κ3) is 9.75. The molecule has 2 aliphatic rings. The summed E-state index contributed by atoms with van der Waals surface area (Å²) in [7, 11) is -4.05. The average Bonchev–Trinajstić information content (AvgIpc) is 3.78. The molecule has 1 saturated carbocycles. The molecule has 1 saturated heterocycles. The van der Waals surface area contributed by atoms with E-state index in [0.29, 0.717) is 31.6 Å². The molecule has 0 unspecified atom stereocenters. The number of benzene rings is 2. The quantitative estimate of drug-likeness (QED) is 0.102. The van der Waals surface area contributed by atoms with Gasteiger partial charge in [0.15, 0.2) is 0 Å². The number of hydrogen-bond donors (Lipinski definition) is 3. The molecule has 2 heterocycles. The number of oxime groups is 1. The molecular weight excluding hydrogens is 681 g/mol. The van der Waals surface area contributed by atoms with E-state index in [4.69, 9.17) is 5.21 Å². The van der Waals surface area contributed by atoms with Gasteiger partial charge in [0.25, 0.3) is 0 Å². The summed E-state index contributed by atoms with van der Waals surface area (Å²) in [4.78, 5) is 36.1. The minimum atomic E-state index is -4.05. The van der Waals surface area contributed by atoms with Gasteiger partial charge in [0.1, 0.15) is 6.04 Å². The Morgan fingerprint density at radius 1 is 1.06 bits per heavy atom. The molecule has 2 fully saturated rings. The maximum atomic E-state index is 14.4. The van der Waals surface area contributed by atoms with E-state index in [1.165, 1.54) is 22.7 Å². The number of nitrogens with zero attached hydrogens (tertiary/aromatic N) is 5. The molecular formula is C39H52N6O6S. The number of amides is 3. The number of aliphatic hydroxyl groups excluding tert-OH is 1. The average molecular weight is 733 g/mol. The molecule has 0 bridgehead atoms. The highest BCUT2D eigenvalue weighted by Crippen LogP contribution is 2.29. The van der Waals surface area contributed by atoms with Gasteiger partial charge in [-0.05, 0) is 73.4 Å². The van der Waals surface area contributed by atoms with Crippen LogP contribution in [0.2, 0.25) is 0 Å². The van der Waals surface area contributed by atoms with Crippen molar-refractivity contribution in [1.29, 1.82) is 0 Å². The third-order valence-corrected chi connectivity index (χ3v) is 12.2. The molecule has 3 amide bonds. The Balaban J connectivity index is 1.39. The van der Waals surface area contributed by atoms with E-state index in [9.17, 15) is 23.1 Å². The zero-order valence-electron chi connectivity index (χ0n) is 30.3. The van der Waals surface area contributed by atoms with Crippen LogP contribution in [0, 0.1) is 18.8 Å². The Morgan fingerprint density at radius 2 is 1.77 bits per heavy atom. The second-order valence-electron chi connectivity index (χ2n) is 14.2. The molecule has 1 aromatic heterocycles. The SMILES string of the molecule is CC[C@H](C)[C@@H](C(=O)N[C@@H](Cc1ccccc1)[C@@H](O)CN(CC1CCCC1)S(=O)(=O)c1ccc(C=NO)cc1)N1CCN(Cc2cccc(C)n2)C1=O. The summed E-state index contributed by atoms with van der Waals surface area (Å²) >= 11 is 0. The molecule has 280 valence electrons. The van der Waals surface area contributed by atoms with Crippen molar-refractivity contribution in [2.45, 2.75) is 88.9 Å². The summed E-state index contributed by atoms with van der Waals surface area (Å²) in [6.45, 7) is 7.00. The second-order valence-corrected chi connectivity index (χ2v) is 16.1. The highest BCUT2D eigenvalue weighted by Gasteiger charge is 2.41. The number of hydrogen-bond acceptors (Lipinski definition) is 8. The van der Waals surface area contributed by atoms with Crippen molar-refractivity contribution >= 4 is 28.2 Å². The lowest BCUT2D eigenvalue weighted by Gasteiger charge is -2.35. The number of aryl methyl sites for hydroxylation is 1. The Labute approximate surface area is 307 Å². The van der Waals surface area contributed by atoms with E-state index in [1.807, 2.05) is 69.3 Å². The van der Waals surface area contributed by atoms with Crippen LogP contribution in [-0.2, 0) is 27.8 Å². The van der Waals surface area contributed by atoms with E-state index in [1.54, 1.807) is 21.9 Å². The molecule has 4 atom stereocenters. The third-order valence-electron chi connectivity index (χ3n) is 10.4. The Morgan fingerprint density at radius 3 is 2.42 bits per heavy atom. The number of rotatable bonds is 17.